The van der Waals surface area contributed by atoms with Gasteiger partial charge in [-0.3, -0.25) is 10.1 Å². The molecule has 6 nitrogen and oxygen atoms in total. The van der Waals surface area contributed by atoms with Gasteiger partial charge in [0.2, 0.25) is 0 Å². The van der Waals surface area contributed by atoms with Gasteiger partial charge in [-0.15, -0.1) is 0 Å². The van der Waals surface area contributed by atoms with Crippen LogP contribution in [-0.4, -0.2) is 21.9 Å². The highest BCUT2D eigenvalue weighted by molar-refractivity contribution is 14.1. The number of rotatable bonds is 5. The van der Waals surface area contributed by atoms with E-state index >= 15 is 0 Å². The average molecular weight is 398 g/mol. The lowest BCUT2D eigenvalue weighted by Gasteiger charge is -2.10. The summed E-state index contributed by atoms with van der Waals surface area (Å²) in [6, 6.07) is 6.29. The Bertz CT molecular complexity index is 659. The van der Waals surface area contributed by atoms with Crippen LogP contribution in [0, 0.1) is 13.7 Å². The van der Waals surface area contributed by atoms with Gasteiger partial charge in [0, 0.05) is 24.7 Å². The van der Waals surface area contributed by atoms with Crippen molar-refractivity contribution in [2.45, 2.75) is 19.8 Å². The van der Waals surface area contributed by atoms with Crippen molar-refractivity contribution in [3.63, 3.8) is 0 Å². The number of hydrogen-bond acceptors (Lipinski definition) is 5. The van der Waals surface area contributed by atoms with Gasteiger partial charge in [0.1, 0.15) is 5.82 Å². The summed E-state index contributed by atoms with van der Waals surface area (Å²) in [6.45, 7) is 2.10. The summed E-state index contributed by atoms with van der Waals surface area (Å²) in [7, 11) is 1.82. The Labute approximate surface area is 136 Å². The number of aromatic nitrogens is 2. The molecular weight excluding hydrogens is 383 g/mol. The summed E-state index contributed by atoms with van der Waals surface area (Å²) in [4.78, 5) is 19.3. The minimum Gasteiger partial charge on any atom is -0.372 e. The second kappa shape index (κ2) is 6.79. The van der Waals surface area contributed by atoms with E-state index in [0.29, 0.717) is 5.82 Å². The molecule has 0 atom stereocenters. The Balaban J connectivity index is 2.47. The molecule has 0 aliphatic heterocycles. The highest BCUT2D eigenvalue weighted by Gasteiger charge is 2.13. The van der Waals surface area contributed by atoms with E-state index < -0.39 is 4.92 Å². The van der Waals surface area contributed by atoms with Crippen LogP contribution in [0.2, 0.25) is 0 Å². The van der Waals surface area contributed by atoms with Crippen LogP contribution in [0.3, 0.4) is 0 Å². The highest BCUT2D eigenvalue weighted by atomic mass is 127. The molecule has 0 bridgehead atoms. The molecular formula is C14H15IN4O2. The molecule has 1 N–H and O–H groups in total. The molecule has 0 aliphatic rings. The van der Waals surface area contributed by atoms with Crippen molar-refractivity contribution in [1.29, 1.82) is 0 Å². The number of nitro groups is 1. The van der Waals surface area contributed by atoms with Gasteiger partial charge in [-0.25, -0.2) is 9.97 Å². The first-order valence-corrected chi connectivity index (χ1v) is 7.63. The molecule has 0 fully saturated rings. The van der Waals surface area contributed by atoms with Crippen LogP contribution in [0.1, 0.15) is 19.0 Å². The molecule has 1 aromatic carbocycles. The molecule has 1 aromatic heterocycles. The predicted octanol–water partition coefficient (Wildman–Crippen LogP) is 3.65. The van der Waals surface area contributed by atoms with E-state index in [1.54, 1.807) is 12.1 Å². The van der Waals surface area contributed by atoms with Gasteiger partial charge in [-0.2, -0.15) is 0 Å². The zero-order valence-electron chi connectivity index (χ0n) is 11.8. The van der Waals surface area contributed by atoms with Crippen LogP contribution in [0.4, 0.5) is 11.5 Å². The quantitative estimate of drug-likeness (QED) is 0.473. The van der Waals surface area contributed by atoms with Crippen LogP contribution >= 0.6 is 22.6 Å². The molecule has 0 saturated heterocycles. The fourth-order valence-corrected chi connectivity index (χ4v) is 2.70. The monoisotopic (exact) mass is 398 g/mol. The van der Waals surface area contributed by atoms with Gasteiger partial charge in [0.15, 0.2) is 5.82 Å². The third-order valence-electron chi connectivity index (χ3n) is 2.98. The molecule has 110 valence electrons. The van der Waals surface area contributed by atoms with Gasteiger partial charge in [0.25, 0.3) is 5.69 Å². The lowest BCUT2D eigenvalue weighted by Crippen LogP contribution is -2.05. The molecule has 0 spiro atoms. The van der Waals surface area contributed by atoms with Crippen LogP contribution in [0.5, 0.6) is 0 Å². The summed E-state index contributed by atoms with van der Waals surface area (Å²) in [5.41, 5.74) is 1.82. The number of non-ortho nitro benzene ring substituents is 1. The van der Waals surface area contributed by atoms with E-state index in [4.69, 9.17) is 0 Å². The lowest BCUT2D eigenvalue weighted by atomic mass is 10.1. The SMILES string of the molecule is CCCc1nc(-c2ccc([N+](=O)[O-])cc2)nc(NC)c1I. The van der Waals surface area contributed by atoms with E-state index in [1.165, 1.54) is 12.1 Å². The number of halogens is 1. The van der Waals surface area contributed by atoms with Crippen LogP contribution in [-0.2, 0) is 6.42 Å². The summed E-state index contributed by atoms with van der Waals surface area (Å²) < 4.78 is 1.02. The number of nitro benzene ring substituents is 1. The molecule has 7 heteroatoms. The van der Waals surface area contributed by atoms with E-state index in [0.717, 1.165) is 33.5 Å². The molecule has 1 heterocycles. The van der Waals surface area contributed by atoms with Crippen molar-refractivity contribution in [3.05, 3.63) is 43.6 Å². The molecule has 0 saturated carbocycles. The molecule has 0 unspecified atom stereocenters. The first-order chi connectivity index (χ1) is 10.1. The first kappa shape index (κ1) is 15.6. The zero-order chi connectivity index (χ0) is 15.4. The molecule has 0 radical (unpaired) electrons. The summed E-state index contributed by atoms with van der Waals surface area (Å²) in [5, 5.41) is 13.8. The maximum Gasteiger partial charge on any atom is 0.269 e. The van der Waals surface area contributed by atoms with Crippen molar-refractivity contribution < 1.29 is 4.92 Å². The standard InChI is InChI=1S/C14H15IN4O2/c1-3-4-11-12(15)14(16-2)18-13(17-11)9-5-7-10(8-6-9)19(20)21/h5-8H,3-4H2,1-2H3,(H,16,17,18). The average Bonchev–Trinajstić information content (AvgIpc) is 2.49. The third-order valence-corrected chi connectivity index (χ3v) is 4.11. The Kier molecular flexibility index (Phi) is 5.05. The summed E-state index contributed by atoms with van der Waals surface area (Å²) in [6.07, 6.45) is 1.87. The lowest BCUT2D eigenvalue weighted by molar-refractivity contribution is -0.384. The maximum absolute atomic E-state index is 10.7. The van der Waals surface area contributed by atoms with Gasteiger partial charge in [-0.05, 0) is 41.1 Å². The van der Waals surface area contributed by atoms with E-state index in [2.05, 4.69) is 44.8 Å². The van der Waals surface area contributed by atoms with E-state index in [1.807, 2.05) is 7.05 Å². The minimum atomic E-state index is -0.417. The Morgan fingerprint density at radius 2 is 1.95 bits per heavy atom. The number of aryl methyl sites for hydroxylation is 1. The molecule has 2 rings (SSSR count). The highest BCUT2D eigenvalue weighted by Crippen LogP contribution is 2.25. The first-order valence-electron chi connectivity index (χ1n) is 6.55. The van der Waals surface area contributed by atoms with E-state index in [-0.39, 0.29) is 5.69 Å². The van der Waals surface area contributed by atoms with Crippen molar-refractivity contribution >= 4 is 34.1 Å². The minimum absolute atomic E-state index is 0.0619. The Morgan fingerprint density at radius 1 is 1.29 bits per heavy atom. The number of nitrogens with zero attached hydrogens (tertiary/aromatic N) is 3. The second-order valence-electron chi connectivity index (χ2n) is 4.46. The Morgan fingerprint density at radius 3 is 2.48 bits per heavy atom. The number of benzene rings is 1. The fraction of sp³-hybridized carbons (Fsp3) is 0.286. The molecule has 0 amide bonds. The smallest absolute Gasteiger partial charge is 0.269 e. The van der Waals surface area contributed by atoms with Crippen LogP contribution in [0.15, 0.2) is 24.3 Å². The predicted molar refractivity (Wildman–Crippen MR) is 90.4 cm³/mol. The fourth-order valence-electron chi connectivity index (χ4n) is 1.92. The maximum atomic E-state index is 10.7. The molecule has 2 aromatic rings. The van der Waals surface area contributed by atoms with Gasteiger partial charge >= 0.3 is 0 Å². The topological polar surface area (TPSA) is 81.0 Å². The normalized spacial score (nSPS) is 10.4. The van der Waals surface area contributed by atoms with Crippen molar-refractivity contribution in [2.24, 2.45) is 0 Å². The number of nitrogens with one attached hydrogen (secondary N) is 1. The van der Waals surface area contributed by atoms with Gasteiger partial charge in [-0.1, -0.05) is 13.3 Å². The number of anilines is 1. The van der Waals surface area contributed by atoms with Crippen molar-refractivity contribution in [1.82, 2.24) is 9.97 Å². The van der Waals surface area contributed by atoms with E-state index in [9.17, 15) is 10.1 Å². The summed E-state index contributed by atoms with van der Waals surface area (Å²) >= 11 is 2.24. The van der Waals surface area contributed by atoms with Crippen molar-refractivity contribution in [3.8, 4) is 11.4 Å². The molecule has 21 heavy (non-hydrogen) atoms. The third kappa shape index (κ3) is 3.46. The van der Waals surface area contributed by atoms with Crippen LogP contribution < -0.4 is 5.32 Å². The number of hydrogen-bond donors (Lipinski definition) is 1. The van der Waals surface area contributed by atoms with Gasteiger partial charge in [0.05, 0.1) is 14.2 Å². The van der Waals surface area contributed by atoms with Crippen molar-refractivity contribution in [2.75, 3.05) is 12.4 Å². The van der Waals surface area contributed by atoms with Crippen LogP contribution in [0.25, 0.3) is 11.4 Å². The van der Waals surface area contributed by atoms with Gasteiger partial charge < -0.3 is 5.32 Å². The largest absolute Gasteiger partial charge is 0.372 e. The second-order valence-corrected chi connectivity index (χ2v) is 5.54. The zero-order valence-corrected chi connectivity index (χ0v) is 13.9. The molecule has 0 aliphatic carbocycles. The summed E-state index contributed by atoms with van der Waals surface area (Å²) in [5.74, 6) is 1.36. The Hall–Kier alpha value is -1.77.